The third-order valence-electron chi connectivity index (χ3n) is 2.04. The molecule has 1 rings (SSSR count). The second-order valence-electron chi connectivity index (χ2n) is 2.80. The first kappa shape index (κ1) is 10.5. The van der Waals surface area contributed by atoms with Gasteiger partial charge in [0.2, 0.25) is 0 Å². The van der Waals surface area contributed by atoms with Crippen LogP contribution in [0, 0.1) is 5.92 Å². The minimum absolute atomic E-state index is 0.902. The molecule has 1 heterocycles. The van der Waals surface area contributed by atoms with E-state index in [0.717, 1.165) is 12.5 Å². The smallest absolute Gasteiger partial charge is 0.0146 e. The molecular formula is C10H21N. The van der Waals surface area contributed by atoms with E-state index in [-0.39, 0.29) is 0 Å². The van der Waals surface area contributed by atoms with Crippen LogP contribution in [0.25, 0.3) is 0 Å². The lowest BCUT2D eigenvalue weighted by molar-refractivity contribution is 0.407. The summed E-state index contributed by atoms with van der Waals surface area (Å²) >= 11 is 0. The van der Waals surface area contributed by atoms with Crippen LogP contribution in [0.3, 0.4) is 0 Å². The lowest BCUT2D eigenvalue weighted by Crippen LogP contribution is -2.24. The van der Waals surface area contributed by atoms with Crippen LogP contribution in [0.1, 0.15) is 40.0 Å². The van der Waals surface area contributed by atoms with E-state index in [1.54, 1.807) is 0 Å². The van der Waals surface area contributed by atoms with Crippen molar-refractivity contribution in [2.24, 2.45) is 5.92 Å². The monoisotopic (exact) mass is 155 g/mol. The fourth-order valence-electron chi connectivity index (χ4n) is 1.32. The average molecular weight is 155 g/mol. The van der Waals surface area contributed by atoms with Gasteiger partial charge >= 0.3 is 0 Å². The summed E-state index contributed by atoms with van der Waals surface area (Å²) in [7, 11) is 0. The molecule has 0 spiro atoms. The fraction of sp³-hybridized carbons (Fsp3) is 0.800. The van der Waals surface area contributed by atoms with E-state index in [2.05, 4.69) is 18.8 Å². The highest BCUT2D eigenvalue weighted by Crippen LogP contribution is 2.19. The van der Waals surface area contributed by atoms with Gasteiger partial charge in [-0.3, -0.25) is 0 Å². The molecule has 0 radical (unpaired) electrons. The Morgan fingerprint density at radius 3 is 2.55 bits per heavy atom. The van der Waals surface area contributed by atoms with Crippen molar-refractivity contribution in [2.75, 3.05) is 6.54 Å². The van der Waals surface area contributed by atoms with Crippen LogP contribution in [-0.2, 0) is 0 Å². The van der Waals surface area contributed by atoms with Crippen LogP contribution in [0.5, 0.6) is 0 Å². The predicted octanol–water partition coefficient (Wildman–Crippen LogP) is 2.94. The third kappa shape index (κ3) is 4.07. The minimum Gasteiger partial charge on any atom is -0.389 e. The SMILES string of the molecule is C=C1CC(CC)CCN1.CC. The Morgan fingerprint density at radius 2 is 2.18 bits per heavy atom. The second-order valence-corrected chi connectivity index (χ2v) is 2.80. The zero-order valence-electron chi connectivity index (χ0n) is 8.11. The predicted molar refractivity (Wildman–Crippen MR) is 51.5 cm³/mol. The normalized spacial score (nSPS) is 23.2. The molecule has 1 heteroatoms. The topological polar surface area (TPSA) is 12.0 Å². The molecule has 1 nitrogen and oxygen atoms in total. The van der Waals surface area contributed by atoms with E-state index in [1.165, 1.54) is 25.0 Å². The maximum absolute atomic E-state index is 3.90. The Hall–Kier alpha value is -0.460. The Bertz CT molecular complexity index is 107. The molecular weight excluding hydrogens is 134 g/mol. The van der Waals surface area contributed by atoms with Crippen molar-refractivity contribution < 1.29 is 0 Å². The highest BCUT2D eigenvalue weighted by molar-refractivity contribution is 4.96. The van der Waals surface area contributed by atoms with Gasteiger partial charge in [-0.15, -0.1) is 0 Å². The molecule has 0 bridgehead atoms. The summed E-state index contributed by atoms with van der Waals surface area (Å²) < 4.78 is 0. The Labute approximate surface area is 70.9 Å². The van der Waals surface area contributed by atoms with Crippen molar-refractivity contribution in [1.29, 1.82) is 0 Å². The zero-order chi connectivity index (χ0) is 8.69. The van der Waals surface area contributed by atoms with Gasteiger partial charge in [0.25, 0.3) is 0 Å². The summed E-state index contributed by atoms with van der Waals surface area (Å²) in [6.07, 6.45) is 3.83. The van der Waals surface area contributed by atoms with Crippen molar-refractivity contribution in [2.45, 2.75) is 40.0 Å². The molecule has 1 unspecified atom stereocenters. The maximum Gasteiger partial charge on any atom is 0.0146 e. The number of nitrogens with one attached hydrogen (secondary N) is 1. The van der Waals surface area contributed by atoms with Gasteiger partial charge in [0.05, 0.1) is 0 Å². The molecule has 1 aliphatic heterocycles. The molecule has 1 atom stereocenters. The number of allylic oxidation sites excluding steroid dienone is 1. The molecule has 1 N–H and O–H groups in total. The summed E-state index contributed by atoms with van der Waals surface area (Å²) in [5, 5.41) is 3.25. The van der Waals surface area contributed by atoms with Gasteiger partial charge in [0.15, 0.2) is 0 Å². The highest BCUT2D eigenvalue weighted by atomic mass is 14.9. The van der Waals surface area contributed by atoms with Crippen LogP contribution in [-0.4, -0.2) is 6.54 Å². The van der Waals surface area contributed by atoms with E-state index >= 15 is 0 Å². The van der Waals surface area contributed by atoms with Crippen LogP contribution < -0.4 is 5.32 Å². The molecule has 1 fully saturated rings. The molecule has 0 aromatic heterocycles. The largest absolute Gasteiger partial charge is 0.389 e. The lowest BCUT2D eigenvalue weighted by Gasteiger charge is -2.23. The van der Waals surface area contributed by atoms with E-state index in [9.17, 15) is 0 Å². The average Bonchev–Trinajstić information content (AvgIpc) is 2.08. The van der Waals surface area contributed by atoms with Crippen molar-refractivity contribution in [3.05, 3.63) is 12.3 Å². The van der Waals surface area contributed by atoms with E-state index in [0.29, 0.717) is 0 Å². The maximum atomic E-state index is 3.90. The molecule has 1 saturated heterocycles. The number of hydrogen-bond donors (Lipinski definition) is 1. The van der Waals surface area contributed by atoms with Crippen molar-refractivity contribution in [3.8, 4) is 0 Å². The number of hydrogen-bond acceptors (Lipinski definition) is 1. The minimum atomic E-state index is 0.902. The second kappa shape index (κ2) is 6.26. The summed E-state index contributed by atoms with van der Waals surface area (Å²) in [5.41, 5.74) is 1.23. The van der Waals surface area contributed by atoms with Gasteiger partial charge in [0, 0.05) is 12.2 Å². The number of rotatable bonds is 1. The van der Waals surface area contributed by atoms with Gasteiger partial charge in [-0.2, -0.15) is 0 Å². The molecule has 0 saturated carbocycles. The van der Waals surface area contributed by atoms with Gasteiger partial charge < -0.3 is 5.32 Å². The van der Waals surface area contributed by atoms with Gasteiger partial charge in [-0.25, -0.2) is 0 Å². The first-order valence-electron chi connectivity index (χ1n) is 4.74. The van der Waals surface area contributed by atoms with E-state index in [4.69, 9.17) is 0 Å². The van der Waals surface area contributed by atoms with Crippen LogP contribution in [0.4, 0.5) is 0 Å². The molecule has 0 amide bonds. The van der Waals surface area contributed by atoms with Crippen molar-refractivity contribution in [3.63, 3.8) is 0 Å². The standard InChI is InChI=1S/C8H15N.C2H6/c1-3-8-4-5-9-7(2)6-8;1-2/h8-9H,2-6H2,1H3;1-2H3. The summed E-state index contributed by atoms with van der Waals surface area (Å²) in [6, 6.07) is 0. The Kier molecular flexibility index (Phi) is 6.00. The van der Waals surface area contributed by atoms with Crippen LogP contribution in [0.15, 0.2) is 12.3 Å². The molecule has 0 aromatic carbocycles. The summed E-state index contributed by atoms with van der Waals surface area (Å²) in [4.78, 5) is 0. The zero-order valence-corrected chi connectivity index (χ0v) is 8.11. The first-order valence-corrected chi connectivity index (χ1v) is 4.74. The van der Waals surface area contributed by atoms with Gasteiger partial charge in [-0.1, -0.05) is 33.8 Å². The molecule has 0 aliphatic carbocycles. The van der Waals surface area contributed by atoms with Crippen molar-refractivity contribution >= 4 is 0 Å². The quantitative estimate of drug-likeness (QED) is 0.614. The van der Waals surface area contributed by atoms with E-state index in [1.807, 2.05) is 13.8 Å². The molecule has 0 aromatic rings. The van der Waals surface area contributed by atoms with Crippen LogP contribution in [0.2, 0.25) is 0 Å². The first-order chi connectivity index (χ1) is 5.33. The van der Waals surface area contributed by atoms with Crippen LogP contribution >= 0.6 is 0 Å². The van der Waals surface area contributed by atoms with E-state index < -0.39 is 0 Å². The van der Waals surface area contributed by atoms with Gasteiger partial charge in [-0.05, 0) is 18.8 Å². The highest BCUT2D eigenvalue weighted by Gasteiger charge is 2.12. The Morgan fingerprint density at radius 1 is 1.55 bits per heavy atom. The van der Waals surface area contributed by atoms with Crippen molar-refractivity contribution in [1.82, 2.24) is 5.32 Å². The third-order valence-corrected chi connectivity index (χ3v) is 2.04. The Balaban J connectivity index is 0.000000461. The van der Waals surface area contributed by atoms with Gasteiger partial charge in [0.1, 0.15) is 0 Å². The molecule has 11 heavy (non-hydrogen) atoms. The lowest BCUT2D eigenvalue weighted by atomic mass is 9.94. The summed E-state index contributed by atoms with van der Waals surface area (Å²) in [6.45, 7) is 11.3. The summed E-state index contributed by atoms with van der Waals surface area (Å²) in [5.74, 6) is 0.902. The molecule has 66 valence electrons. The fourth-order valence-corrected chi connectivity index (χ4v) is 1.32. The molecule has 1 aliphatic rings. The number of piperidine rings is 1.